The van der Waals surface area contributed by atoms with Crippen molar-refractivity contribution in [2.75, 3.05) is 6.61 Å². The number of ether oxygens (including phenoxy) is 1. The van der Waals surface area contributed by atoms with Gasteiger partial charge in [-0.3, -0.25) is 0 Å². The van der Waals surface area contributed by atoms with Crippen molar-refractivity contribution in [1.82, 2.24) is 0 Å². The number of carbonyl (C=O) groups is 1. The van der Waals surface area contributed by atoms with Crippen LogP contribution in [-0.4, -0.2) is 12.6 Å². The lowest BCUT2D eigenvalue weighted by molar-refractivity contribution is -0.135. The van der Waals surface area contributed by atoms with E-state index in [1.54, 1.807) is 0 Å². The average Bonchev–Trinajstić information content (AvgIpc) is 2.31. The summed E-state index contributed by atoms with van der Waals surface area (Å²) in [6.07, 6.45) is 3.25. The van der Waals surface area contributed by atoms with Gasteiger partial charge in [-0.2, -0.15) is 0 Å². The molecule has 0 amide bonds. The summed E-state index contributed by atoms with van der Waals surface area (Å²) in [5.41, 5.74) is 1.11. The molecule has 0 aromatic rings. The minimum atomic E-state index is -0.212. The quantitative estimate of drug-likeness (QED) is 0.681. The molecule has 0 saturated carbocycles. The Kier molecular flexibility index (Phi) is 3.12. The van der Waals surface area contributed by atoms with E-state index in [-0.39, 0.29) is 5.97 Å². The van der Waals surface area contributed by atoms with Crippen LogP contribution in [0.15, 0.2) is 10.1 Å². The lowest BCUT2D eigenvalue weighted by Crippen LogP contribution is -1.93. The number of unbranched alkanes of at least 4 members (excludes halogenated alkanes) is 1. The molecule has 0 bridgehead atoms. The first-order chi connectivity index (χ1) is 5.25. The second-order valence-corrected chi connectivity index (χ2v) is 3.39. The van der Waals surface area contributed by atoms with Crippen LogP contribution in [0.4, 0.5) is 0 Å². The van der Waals surface area contributed by atoms with E-state index >= 15 is 0 Å². The highest BCUT2D eigenvalue weighted by Gasteiger charge is 2.21. The fraction of sp³-hybridized carbons (Fsp3) is 0.625. The number of halogens is 1. The lowest BCUT2D eigenvalue weighted by atomic mass is 10.1. The third-order valence-electron chi connectivity index (χ3n) is 1.70. The van der Waals surface area contributed by atoms with Gasteiger partial charge in [0.05, 0.1) is 0 Å². The topological polar surface area (TPSA) is 26.3 Å². The van der Waals surface area contributed by atoms with Gasteiger partial charge in [0.25, 0.3) is 0 Å². The van der Waals surface area contributed by atoms with Crippen LogP contribution in [0.2, 0.25) is 0 Å². The van der Waals surface area contributed by atoms with Crippen molar-refractivity contribution in [2.45, 2.75) is 26.2 Å². The highest BCUT2D eigenvalue weighted by atomic mass is 79.9. The molecule has 2 nitrogen and oxygen atoms in total. The van der Waals surface area contributed by atoms with Crippen molar-refractivity contribution in [1.29, 1.82) is 0 Å². The number of esters is 1. The molecular weight excluding hydrogens is 208 g/mol. The summed E-state index contributed by atoms with van der Waals surface area (Å²) < 4.78 is 5.46. The summed E-state index contributed by atoms with van der Waals surface area (Å²) in [6.45, 7) is 2.62. The first-order valence-electron chi connectivity index (χ1n) is 3.80. The Bertz CT molecular complexity index is 196. The maximum atomic E-state index is 10.8. The van der Waals surface area contributed by atoms with Crippen molar-refractivity contribution in [3.05, 3.63) is 10.1 Å². The Labute approximate surface area is 74.7 Å². The Morgan fingerprint density at radius 1 is 1.64 bits per heavy atom. The van der Waals surface area contributed by atoms with Gasteiger partial charge in [0.15, 0.2) is 0 Å². The molecule has 1 aliphatic heterocycles. The van der Waals surface area contributed by atoms with E-state index in [9.17, 15) is 4.79 Å². The summed E-state index contributed by atoms with van der Waals surface area (Å²) in [5, 5.41) is 0. The summed E-state index contributed by atoms with van der Waals surface area (Å²) in [7, 11) is 0. The molecule has 0 aliphatic carbocycles. The van der Waals surface area contributed by atoms with Crippen LogP contribution in [0.3, 0.4) is 0 Å². The van der Waals surface area contributed by atoms with Crippen molar-refractivity contribution >= 4 is 21.9 Å². The van der Waals surface area contributed by atoms with Crippen LogP contribution in [0.5, 0.6) is 0 Å². The van der Waals surface area contributed by atoms with Gasteiger partial charge in [-0.05, 0) is 34.3 Å². The van der Waals surface area contributed by atoms with Gasteiger partial charge in [-0.25, -0.2) is 4.79 Å². The zero-order chi connectivity index (χ0) is 8.27. The maximum absolute atomic E-state index is 10.8. The Balaban J connectivity index is 2.50. The molecule has 1 aliphatic rings. The number of rotatable bonds is 3. The van der Waals surface area contributed by atoms with E-state index in [2.05, 4.69) is 22.9 Å². The second kappa shape index (κ2) is 3.90. The summed E-state index contributed by atoms with van der Waals surface area (Å²) in [4.78, 5) is 10.8. The normalized spacial score (nSPS) is 17.5. The third kappa shape index (κ3) is 2.06. The molecule has 11 heavy (non-hydrogen) atoms. The van der Waals surface area contributed by atoms with E-state index < -0.39 is 0 Å². The monoisotopic (exact) mass is 218 g/mol. The van der Waals surface area contributed by atoms with Crippen molar-refractivity contribution < 1.29 is 9.53 Å². The molecule has 62 valence electrons. The van der Waals surface area contributed by atoms with Gasteiger partial charge in [0.2, 0.25) is 0 Å². The number of hydrogen-bond acceptors (Lipinski definition) is 2. The van der Waals surface area contributed by atoms with Crippen LogP contribution < -0.4 is 0 Å². The van der Waals surface area contributed by atoms with Gasteiger partial charge in [0.1, 0.15) is 11.1 Å². The van der Waals surface area contributed by atoms with Crippen LogP contribution in [0.25, 0.3) is 0 Å². The van der Waals surface area contributed by atoms with Gasteiger partial charge >= 0.3 is 5.97 Å². The Hall–Kier alpha value is -0.310. The predicted molar refractivity (Wildman–Crippen MR) is 46.4 cm³/mol. The van der Waals surface area contributed by atoms with Gasteiger partial charge in [-0.15, -0.1) is 0 Å². The molecule has 0 fully saturated rings. The highest BCUT2D eigenvalue weighted by molar-refractivity contribution is 9.12. The van der Waals surface area contributed by atoms with Gasteiger partial charge < -0.3 is 4.74 Å². The maximum Gasteiger partial charge on any atom is 0.345 e. The van der Waals surface area contributed by atoms with Crippen LogP contribution in [0, 0.1) is 0 Å². The molecule has 0 aromatic heterocycles. The first-order valence-corrected chi connectivity index (χ1v) is 4.59. The standard InChI is InChI=1S/C8H11BrO2/c1-2-3-4-6-5-11-8(10)7(6)9/h2-5H2,1H3. The molecule has 3 heteroatoms. The molecule has 0 radical (unpaired) electrons. The molecule has 0 spiro atoms. The zero-order valence-electron chi connectivity index (χ0n) is 6.52. The molecule has 1 heterocycles. The van der Waals surface area contributed by atoms with Gasteiger partial charge in [-0.1, -0.05) is 13.3 Å². The average molecular weight is 219 g/mol. The SMILES string of the molecule is CCCCC1=C(Br)C(=O)OC1. The third-order valence-corrected chi connectivity index (χ3v) is 2.58. The number of carbonyl (C=O) groups excluding carboxylic acids is 1. The molecule has 0 N–H and O–H groups in total. The van der Waals surface area contributed by atoms with E-state index in [1.165, 1.54) is 0 Å². The van der Waals surface area contributed by atoms with E-state index in [1.807, 2.05) is 0 Å². The molecular formula is C8H11BrO2. The number of hydrogen-bond donors (Lipinski definition) is 0. The fourth-order valence-electron chi connectivity index (χ4n) is 0.996. The van der Waals surface area contributed by atoms with Gasteiger partial charge in [0, 0.05) is 0 Å². The largest absolute Gasteiger partial charge is 0.457 e. The lowest BCUT2D eigenvalue weighted by Gasteiger charge is -1.96. The first kappa shape index (κ1) is 8.78. The predicted octanol–water partition coefficient (Wildman–Crippen LogP) is 2.38. The second-order valence-electron chi connectivity index (χ2n) is 2.60. The summed E-state index contributed by atoms with van der Waals surface area (Å²) in [6, 6.07) is 0. The molecule has 0 atom stereocenters. The molecule has 1 rings (SSSR count). The van der Waals surface area contributed by atoms with Crippen molar-refractivity contribution in [2.24, 2.45) is 0 Å². The molecule has 0 saturated heterocycles. The summed E-state index contributed by atoms with van der Waals surface area (Å²) >= 11 is 3.21. The summed E-state index contributed by atoms with van der Waals surface area (Å²) in [5.74, 6) is -0.212. The van der Waals surface area contributed by atoms with Crippen LogP contribution in [0.1, 0.15) is 26.2 Å². The van der Waals surface area contributed by atoms with Crippen molar-refractivity contribution in [3.8, 4) is 0 Å². The zero-order valence-corrected chi connectivity index (χ0v) is 8.11. The minimum absolute atomic E-state index is 0.212. The van der Waals surface area contributed by atoms with E-state index in [4.69, 9.17) is 4.74 Å². The smallest absolute Gasteiger partial charge is 0.345 e. The van der Waals surface area contributed by atoms with Crippen LogP contribution in [-0.2, 0) is 9.53 Å². The molecule has 0 aromatic carbocycles. The fourth-order valence-corrected chi connectivity index (χ4v) is 1.42. The highest BCUT2D eigenvalue weighted by Crippen LogP contribution is 2.24. The Morgan fingerprint density at radius 3 is 2.82 bits per heavy atom. The van der Waals surface area contributed by atoms with E-state index in [0.717, 1.165) is 24.8 Å². The molecule has 0 unspecified atom stereocenters. The minimum Gasteiger partial charge on any atom is -0.457 e. The Morgan fingerprint density at radius 2 is 2.36 bits per heavy atom. The number of cyclic esters (lactones) is 1. The van der Waals surface area contributed by atoms with E-state index in [0.29, 0.717) is 11.1 Å². The van der Waals surface area contributed by atoms with Crippen molar-refractivity contribution in [3.63, 3.8) is 0 Å². The van der Waals surface area contributed by atoms with Crippen LogP contribution >= 0.6 is 15.9 Å².